The number of aromatic carboxylic acids is 1. The predicted molar refractivity (Wildman–Crippen MR) is 103 cm³/mol. The summed E-state index contributed by atoms with van der Waals surface area (Å²) in [5.74, 6) is -1.20. The highest BCUT2D eigenvalue weighted by atomic mass is 32.1. The van der Waals surface area contributed by atoms with Gasteiger partial charge in [-0.1, -0.05) is 30.3 Å². The molecule has 0 unspecified atom stereocenters. The van der Waals surface area contributed by atoms with Crippen LogP contribution in [0.4, 0.5) is 4.39 Å². The number of hydrogen-bond donors (Lipinski definition) is 1. The van der Waals surface area contributed by atoms with E-state index in [0.717, 1.165) is 11.3 Å². The van der Waals surface area contributed by atoms with Crippen molar-refractivity contribution >= 4 is 30.0 Å². The van der Waals surface area contributed by atoms with Crippen LogP contribution in [-0.4, -0.2) is 34.4 Å². The summed E-state index contributed by atoms with van der Waals surface area (Å²) in [6, 6.07) is 8.79. The first kappa shape index (κ1) is 19.7. The van der Waals surface area contributed by atoms with Gasteiger partial charge in [0.2, 0.25) is 0 Å². The summed E-state index contributed by atoms with van der Waals surface area (Å²) in [6.45, 7) is 9.03. The van der Waals surface area contributed by atoms with Crippen molar-refractivity contribution in [2.45, 2.75) is 45.8 Å². The Labute approximate surface area is 162 Å². The van der Waals surface area contributed by atoms with Crippen LogP contribution in [0.25, 0.3) is 5.57 Å². The van der Waals surface area contributed by atoms with Crippen LogP contribution in [0.3, 0.4) is 0 Å². The molecule has 0 radical (unpaired) electrons. The molecule has 2 heterocycles. The van der Waals surface area contributed by atoms with Crippen molar-refractivity contribution in [3.8, 4) is 0 Å². The number of thiazole rings is 1. The van der Waals surface area contributed by atoms with E-state index in [1.54, 1.807) is 31.2 Å². The van der Waals surface area contributed by atoms with Gasteiger partial charge >= 0.3 is 13.1 Å². The number of nitrogens with zero attached hydrogens (tertiary/aromatic N) is 1. The lowest BCUT2D eigenvalue weighted by Crippen LogP contribution is -2.41. The molecule has 1 aromatic carbocycles. The molecule has 2 aromatic rings. The van der Waals surface area contributed by atoms with Crippen LogP contribution in [0.15, 0.2) is 36.1 Å². The van der Waals surface area contributed by atoms with Crippen LogP contribution < -0.4 is 0 Å². The summed E-state index contributed by atoms with van der Waals surface area (Å²) >= 11 is 1.13. The fourth-order valence-corrected chi connectivity index (χ4v) is 3.77. The molecule has 0 bridgehead atoms. The van der Waals surface area contributed by atoms with E-state index in [1.165, 1.54) is 0 Å². The summed E-state index contributed by atoms with van der Waals surface area (Å²) in [5.41, 5.74) is -1.59. The molecule has 0 aliphatic carbocycles. The van der Waals surface area contributed by atoms with Crippen molar-refractivity contribution in [1.82, 2.24) is 4.98 Å². The third-order valence-electron chi connectivity index (χ3n) is 4.93. The van der Waals surface area contributed by atoms with E-state index in [1.807, 2.05) is 33.8 Å². The minimum Gasteiger partial charge on any atom is -0.476 e. The zero-order chi connectivity index (χ0) is 20.0. The summed E-state index contributed by atoms with van der Waals surface area (Å²) in [7, 11) is -1.23. The SMILES string of the molecule is Cc1nc(C(=O)O)c(C(=C(F)B2OC(C)(C)C(C)(C)O2)c2ccccc2)s1. The van der Waals surface area contributed by atoms with E-state index >= 15 is 4.39 Å². The largest absolute Gasteiger partial charge is 0.525 e. The van der Waals surface area contributed by atoms with Crippen LogP contribution in [0.5, 0.6) is 0 Å². The Morgan fingerprint density at radius 1 is 1.15 bits per heavy atom. The predicted octanol–water partition coefficient (Wildman–Crippen LogP) is 4.51. The molecule has 1 saturated heterocycles. The maximum absolute atomic E-state index is 15.7. The molecule has 8 heteroatoms. The summed E-state index contributed by atoms with van der Waals surface area (Å²) in [5, 5.41) is 10.1. The number of carboxylic acids is 1. The van der Waals surface area contributed by atoms with E-state index < -0.39 is 30.0 Å². The number of halogens is 1. The Balaban J connectivity index is 2.20. The number of aryl methyl sites for hydroxylation is 1. The van der Waals surface area contributed by atoms with Gasteiger partial charge in [-0.2, -0.15) is 0 Å². The average Bonchev–Trinajstić information content (AvgIpc) is 3.06. The van der Waals surface area contributed by atoms with Crippen LogP contribution in [0.2, 0.25) is 0 Å². The Morgan fingerprint density at radius 2 is 1.70 bits per heavy atom. The van der Waals surface area contributed by atoms with Gasteiger partial charge in [0.25, 0.3) is 0 Å². The number of rotatable bonds is 4. The van der Waals surface area contributed by atoms with Gasteiger partial charge < -0.3 is 14.4 Å². The number of hydrogen-bond acceptors (Lipinski definition) is 5. The van der Waals surface area contributed by atoms with Gasteiger partial charge in [0.05, 0.1) is 21.1 Å². The van der Waals surface area contributed by atoms with Gasteiger partial charge in [0.15, 0.2) is 5.69 Å². The van der Waals surface area contributed by atoms with E-state index in [4.69, 9.17) is 9.31 Å². The van der Waals surface area contributed by atoms with Crippen LogP contribution in [0, 0.1) is 6.92 Å². The molecule has 1 fully saturated rings. The topological polar surface area (TPSA) is 68.7 Å². The summed E-state index contributed by atoms with van der Waals surface area (Å²) in [6.07, 6.45) is 0. The molecule has 1 aromatic heterocycles. The highest BCUT2D eigenvalue weighted by molar-refractivity contribution is 7.13. The molecule has 0 spiro atoms. The number of aromatic nitrogens is 1. The standard InChI is InChI=1S/C19H21BFNO4S/c1-11-22-14(17(23)24)15(27-11)13(12-9-7-6-8-10-12)16(21)20-25-18(2,3)19(4,5)26-20/h6-10H,1-5H3,(H,23,24). The Bertz CT molecular complexity index is 892. The molecule has 27 heavy (non-hydrogen) atoms. The quantitative estimate of drug-likeness (QED) is 0.780. The number of carboxylic acid groups (broad SMARTS) is 1. The molecule has 3 rings (SSSR count). The minimum absolute atomic E-state index is 0.136. The van der Waals surface area contributed by atoms with E-state index in [2.05, 4.69) is 4.98 Å². The number of carbonyl (C=O) groups is 1. The number of benzene rings is 1. The van der Waals surface area contributed by atoms with Crippen molar-refractivity contribution < 1.29 is 23.6 Å². The lowest BCUT2D eigenvalue weighted by molar-refractivity contribution is 0.00578. The van der Waals surface area contributed by atoms with Crippen molar-refractivity contribution in [3.05, 3.63) is 57.2 Å². The zero-order valence-corrected chi connectivity index (χ0v) is 16.7. The van der Waals surface area contributed by atoms with Crippen molar-refractivity contribution in [2.75, 3.05) is 0 Å². The van der Waals surface area contributed by atoms with Gasteiger partial charge in [-0.15, -0.1) is 11.3 Å². The summed E-state index contributed by atoms with van der Waals surface area (Å²) < 4.78 is 27.4. The fraction of sp³-hybridized carbons (Fsp3) is 0.368. The smallest absolute Gasteiger partial charge is 0.476 e. The first-order chi connectivity index (χ1) is 12.5. The van der Waals surface area contributed by atoms with Gasteiger partial charge in [-0.25, -0.2) is 14.2 Å². The second-order valence-corrected chi connectivity index (χ2v) is 8.60. The second kappa shape index (κ2) is 6.85. The molecule has 0 atom stereocenters. The van der Waals surface area contributed by atoms with E-state index in [9.17, 15) is 9.90 Å². The third kappa shape index (κ3) is 3.57. The zero-order valence-electron chi connectivity index (χ0n) is 15.9. The molecular formula is C19H21BFNO4S. The van der Waals surface area contributed by atoms with Gasteiger partial charge in [-0.05, 0) is 40.2 Å². The van der Waals surface area contributed by atoms with Crippen molar-refractivity contribution in [2.24, 2.45) is 0 Å². The monoisotopic (exact) mass is 389 g/mol. The van der Waals surface area contributed by atoms with Crippen LogP contribution in [-0.2, 0) is 9.31 Å². The van der Waals surface area contributed by atoms with Crippen LogP contribution >= 0.6 is 11.3 Å². The molecule has 142 valence electrons. The van der Waals surface area contributed by atoms with Gasteiger partial charge in [0, 0.05) is 5.57 Å². The molecule has 1 aliphatic heterocycles. The Kier molecular flexibility index (Phi) is 5.01. The molecule has 1 aliphatic rings. The maximum atomic E-state index is 15.7. The third-order valence-corrected chi connectivity index (χ3v) is 5.91. The molecule has 0 amide bonds. The average molecular weight is 389 g/mol. The molecule has 0 saturated carbocycles. The molecule has 5 nitrogen and oxygen atoms in total. The molecule has 1 N–H and O–H groups in total. The Hall–Kier alpha value is -2.03. The summed E-state index contributed by atoms with van der Waals surface area (Å²) in [4.78, 5) is 16.0. The van der Waals surface area contributed by atoms with Crippen molar-refractivity contribution in [1.29, 1.82) is 0 Å². The maximum Gasteiger partial charge on any atom is 0.525 e. The highest BCUT2D eigenvalue weighted by Crippen LogP contribution is 2.42. The highest BCUT2D eigenvalue weighted by Gasteiger charge is 2.54. The van der Waals surface area contributed by atoms with Gasteiger partial charge in [0.1, 0.15) is 5.73 Å². The Morgan fingerprint density at radius 3 is 2.22 bits per heavy atom. The molecular weight excluding hydrogens is 368 g/mol. The second-order valence-electron chi connectivity index (χ2n) is 7.39. The van der Waals surface area contributed by atoms with Gasteiger partial charge in [-0.3, -0.25) is 0 Å². The fourth-order valence-electron chi connectivity index (χ4n) is 2.79. The van der Waals surface area contributed by atoms with E-state index in [-0.39, 0.29) is 16.1 Å². The lowest BCUT2D eigenvalue weighted by Gasteiger charge is -2.32. The van der Waals surface area contributed by atoms with Crippen LogP contribution in [0.1, 0.15) is 53.6 Å². The normalized spacial score (nSPS) is 19.1. The minimum atomic E-state index is -1.23. The first-order valence-electron chi connectivity index (χ1n) is 8.55. The van der Waals surface area contributed by atoms with Crippen molar-refractivity contribution in [3.63, 3.8) is 0 Å². The first-order valence-corrected chi connectivity index (χ1v) is 9.37. The lowest BCUT2D eigenvalue weighted by atomic mass is 9.82. The van der Waals surface area contributed by atoms with E-state index in [0.29, 0.717) is 10.6 Å².